The van der Waals surface area contributed by atoms with Crippen LogP contribution in [0.1, 0.15) is 114 Å². The molecule has 2 saturated carbocycles. The second-order valence-corrected chi connectivity index (χ2v) is 22.3. The van der Waals surface area contributed by atoms with Crippen molar-refractivity contribution in [3.8, 4) is 22.5 Å². The molecule has 0 aliphatic heterocycles. The summed E-state index contributed by atoms with van der Waals surface area (Å²) in [5, 5.41) is 3.88. The molecule has 0 N–H and O–H groups in total. The number of furan rings is 1. The molecule has 1 unspecified atom stereocenters. The molecule has 0 bridgehead atoms. The fraction of sp³-hybridized carbons (Fsp3) is 0.429. The molecule has 54 heavy (non-hydrogen) atoms. The van der Waals surface area contributed by atoms with Crippen LogP contribution in [0.3, 0.4) is 0 Å². The first kappa shape index (κ1) is 40.3. The van der Waals surface area contributed by atoms with Crippen LogP contribution >= 0.6 is 0 Å². The minimum atomic E-state index is -1.36. The number of aromatic nitrogens is 2. The summed E-state index contributed by atoms with van der Waals surface area (Å²) in [7, 11) is -1.36. The van der Waals surface area contributed by atoms with Crippen LogP contribution in [0, 0.1) is 24.0 Å². The minimum absolute atomic E-state index is 0. The van der Waals surface area contributed by atoms with E-state index in [-0.39, 0.29) is 20.1 Å². The molecule has 3 heterocycles. The summed E-state index contributed by atoms with van der Waals surface area (Å²) >= 11 is 0. The predicted octanol–water partition coefficient (Wildman–Crippen LogP) is 13.5. The maximum Gasteiger partial charge on any atom is 0.121 e. The van der Waals surface area contributed by atoms with Crippen LogP contribution in [-0.4, -0.2) is 18.0 Å². The Balaban J connectivity index is 0.000000187. The van der Waals surface area contributed by atoms with Gasteiger partial charge in [0.05, 0.1) is 13.7 Å². The van der Waals surface area contributed by atoms with Crippen LogP contribution in [0.25, 0.3) is 44.5 Å². The van der Waals surface area contributed by atoms with Crippen LogP contribution in [0.5, 0.6) is 0 Å². The molecule has 2 aliphatic rings. The van der Waals surface area contributed by atoms with Crippen molar-refractivity contribution in [3.63, 3.8) is 0 Å². The van der Waals surface area contributed by atoms with E-state index in [9.17, 15) is 0 Å². The monoisotopic (exact) mass is 911 g/mol. The van der Waals surface area contributed by atoms with E-state index in [2.05, 4.69) is 118 Å². The van der Waals surface area contributed by atoms with Gasteiger partial charge in [0.1, 0.15) is 5.58 Å². The van der Waals surface area contributed by atoms with Crippen LogP contribution in [-0.2, 0) is 26.5 Å². The fourth-order valence-corrected chi connectivity index (χ4v) is 10.2. The number of pyridine rings is 2. The molecule has 6 aromatic rings. The van der Waals surface area contributed by atoms with E-state index in [0.717, 1.165) is 45.0 Å². The fourth-order valence-electron chi connectivity index (χ4n) is 8.63. The van der Waals surface area contributed by atoms with Crippen molar-refractivity contribution in [2.24, 2.45) is 11.8 Å². The maximum absolute atomic E-state index is 6.45. The Kier molecular flexibility index (Phi) is 13.5. The third-order valence-corrected chi connectivity index (χ3v) is 14.2. The van der Waals surface area contributed by atoms with Crippen LogP contribution in [0.2, 0.25) is 19.6 Å². The standard InChI is InChI=1S/C28H30NO.C21H28NSi.Ir/c1-18(2)19(3)21-14-15-29-26(16-21)25-11-7-10-24-23-13-12-22(17-27(23)30-28(24)25)20-8-5-4-6-9-20;1-23(2,3)21-16-22-20(18-12-8-5-9-13-18)15-19(21)14-17-10-6-4-7-11-17;/h7,10,12-20H,4-6,8-9H2,1-3H3;5,8-9,12,15-17H,4,6-7,10-11,14H2,1-3H3;/q2*-1;. The first-order chi connectivity index (χ1) is 25.7. The van der Waals surface area contributed by atoms with Gasteiger partial charge in [-0.3, -0.25) is 0 Å². The van der Waals surface area contributed by atoms with Gasteiger partial charge in [0.2, 0.25) is 0 Å². The zero-order valence-corrected chi connectivity index (χ0v) is 36.7. The van der Waals surface area contributed by atoms with E-state index >= 15 is 0 Å². The van der Waals surface area contributed by atoms with Crippen molar-refractivity contribution in [3.05, 3.63) is 114 Å². The first-order valence-electron chi connectivity index (χ1n) is 20.5. The second kappa shape index (κ2) is 18.1. The number of hydrogen-bond donors (Lipinski definition) is 0. The van der Waals surface area contributed by atoms with Crippen molar-refractivity contribution in [1.82, 2.24) is 9.97 Å². The van der Waals surface area contributed by atoms with Crippen molar-refractivity contribution in [2.75, 3.05) is 0 Å². The molecule has 8 rings (SSSR count). The minimum Gasteiger partial charge on any atom is -0.501 e. The van der Waals surface area contributed by atoms with Crippen molar-refractivity contribution < 1.29 is 24.5 Å². The summed E-state index contributed by atoms with van der Waals surface area (Å²) in [4.78, 5) is 9.44. The number of hydrogen-bond acceptors (Lipinski definition) is 3. The Morgan fingerprint density at radius 1 is 0.759 bits per heavy atom. The van der Waals surface area contributed by atoms with Crippen LogP contribution < -0.4 is 5.19 Å². The summed E-state index contributed by atoms with van der Waals surface area (Å²) in [5.41, 5.74) is 10.3. The Hall–Kier alpha value is -3.37. The molecule has 2 fully saturated rings. The molecular weight excluding hydrogens is 853 g/mol. The topological polar surface area (TPSA) is 38.9 Å². The van der Waals surface area contributed by atoms with Crippen LogP contribution in [0.15, 0.2) is 89.6 Å². The second-order valence-electron chi connectivity index (χ2n) is 17.3. The number of fused-ring (bicyclic) bond motifs is 3. The maximum atomic E-state index is 6.45. The molecule has 1 radical (unpaired) electrons. The number of rotatable bonds is 8. The Morgan fingerprint density at radius 2 is 1.52 bits per heavy atom. The Bertz CT molecular complexity index is 2120. The Labute approximate surface area is 339 Å². The predicted molar refractivity (Wildman–Crippen MR) is 227 cm³/mol. The van der Waals surface area contributed by atoms with Crippen molar-refractivity contribution >= 4 is 35.2 Å². The van der Waals surface area contributed by atoms with Crippen LogP contribution in [0.4, 0.5) is 0 Å². The van der Waals surface area contributed by atoms with Gasteiger partial charge in [-0.1, -0.05) is 138 Å². The largest absolute Gasteiger partial charge is 0.501 e. The average molecular weight is 911 g/mol. The van der Waals surface area contributed by atoms with E-state index < -0.39 is 8.07 Å². The smallest absolute Gasteiger partial charge is 0.121 e. The third kappa shape index (κ3) is 9.35. The average Bonchev–Trinajstić information content (AvgIpc) is 3.57. The zero-order valence-electron chi connectivity index (χ0n) is 33.3. The van der Waals surface area contributed by atoms with Gasteiger partial charge in [-0.2, -0.15) is 0 Å². The summed E-state index contributed by atoms with van der Waals surface area (Å²) in [5.74, 6) is 2.62. The van der Waals surface area contributed by atoms with E-state index in [1.165, 1.54) is 87.1 Å². The molecule has 2 aliphatic carbocycles. The van der Waals surface area contributed by atoms with Crippen molar-refractivity contribution in [2.45, 2.75) is 123 Å². The molecule has 3 aromatic carbocycles. The first-order valence-corrected chi connectivity index (χ1v) is 24.0. The Morgan fingerprint density at radius 3 is 2.22 bits per heavy atom. The zero-order chi connectivity index (χ0) is 37.0. The summed E-state index contributed by atoms with van der Waals surface area (Å²) in [6.07, 6.45) is 19.1. The summed E-state index contributed by atoms with van der Waals surface area (Å²) in [6, 6.07) is 32.6. The van der Waals surface area contributed by atoms with Gasteiger partial charge in [0.25, 0.3) is 0 Å². The summed E-state index contributed by atoms with van der Waals surface area (Å²) < 4.78 is 6.45. The third-order valence-electron chi connectivity index (χ3n) is 12.1. The van der Waals surface area contributed by atoms with Gasteiger partial charge in [-0.25, -0.2) is 0 Å². The van der Waals surface area contributed by atoms with E-state index in [1.54, 1.807) is 10.8 Å². The molecule has 3 aromatic heterocycles. The SMILES string of the molecule is CC(C)C(C)c1ccnc(-c2[c-]ccc3c2oc2cc(C4CCCCC4)ccc23)c1.C[Si](C)(C)c1cnc(-c2[c-]cccc2)cc1CC1CCCCC1.[Ir]. The summed E-state index contributed by atoms with van der Waals surface area (Å²) in [6.45, 7) is 14.1. The molecule has 1 atom stereocenters. The molecule has 285 valence electrons. The van der Waals surface area contributed by atoms with E-state index in [4.69, 9.17) is 9.40 Å². The number of nitrogens with zero attached hydrogens (tertiary/aromatic N) is 2. The van der Waals surface area contributed by atoms with Gasteiger partial charge in [-0.05, 0) is 77.2 Å². The molecule has 0 amide bonds. The molecule has 5 heteroatoms. The van der Waals surface area contributed by atoms with Gasteiger partial charge < -0.3 is 14.4 Å². The van der Waals surface area contributed by atoms with Crippen molar-refractivity contribution in [1.29, 1.82) is 0 Å². The molecule has 3 nitrogen and oxygen atoms in total. The van der Waals surface area contributed by atoms with Gasteiger partial charge in [0, 0.05) is 37.9 Å². The number of benzene rings is 3. The quantitative estimate of drug-likeness (QED) is 0.113. The molecule has 0 spiro atoms. The van der Waals surface area contributed by atoms with Gasteiger partial charge >= 0.3 is 0 Å². The molecular formula is C49H58IrN2OSi-2. The van der Waals surface area contributed by atoms with Gasteiger partial charge in [0.15, 0.2) is 0 Å². The van der Waals surface area contributed by atoms with E-state index in [1.807, 2.05) is 24.4 Å². The normalized spacial score (nSPS) is 16.2. The van der Waals surface area contributed by atoms with Gasteiger partial charge in [-0.15, -0.1) is 54.1 Å². The molecule has 0 saturated heterocycles. The van der Waals surface area contributed by atoms with E-state index in [0.29, 0.717) is 17.8 Å².